The van der Waals surface area contributed by atoms with Crippen LogP contribution in [0, 0.1) is 5.92 Å². The van der Waals surface area contributed by atoms with Crippen molar-refractivity contribution in [3.05, 3.63) is 0 Å². The Labute approximate surface area is 55.4 Å². The molecule has 0 radical (unpaired) electrons. The fourth-order valence-corrected chi connectivity index (χ4v) is 2.67. The van der Waals surface area contributed by atoms with Crippen molar-refractivity contribution in [2.45, 2.75) is 43.8 Å². The number of rotatable bonds is 0. The Hall–Kier alpha value is -0.0400. The SMILES string of the molecule is C1CC2CC3CC3(C1)O2. The molecule has 2 bridgehead atoms. The first-order valence-corrected chi connectivity index (χ1v) is 4.07. The fourth-order valence-electron chi connectivity index (χ4n) is 2.67. The van der Waals surface area contributed by atoms with Crippen molar-refractivity contribution in [2.24, 2.45) is 5.92 Å². The monoisotopic (exact) mass is 124 g/mol. The molecule has 2 heterocycles. The summed E-state index contributed by atoms with van der Waals surface area (Å²) in [5.74, 6) is 0.991. The first kappa shape index (κ1) is 4.73. The summed E-state index contributed by atoms with van der Waals surface area (Å²) in [6, 6.07) is 0. The number of ether oxygens (including phenoxy) is 1. The van der Waals surface area contributed by atoms with Gasteiger partial charge in [0.2, 0.25) is 0 Å². The highest BCUT2D eigenvalue weighted by molar-refractivity contribution is 5.12. The van der Waals surface area contributed by atoms with Gasteiger partial charge in [0.05, 0.1) is 11.7 Å². The Morgan fingerprint density at radius 1 is 1.44 bits per heavy atom. The molecule has 1 aliphatic carbocycles. The largest absolute Gasteiger partial charge is 0.371 e. The Bertz CT molecular complexity index is 153. The van der Waals surface area contributed by atoms with Gasteiger partial charge in [-0.05, 0) is 38.0 Å². The van der Waals surface area contributed by atoms with Gasteiger partial charge in [0.15, 0.2) is 0 Å². The van der Waals surface area contributed by atoms with Gasteiger partial charge in [0.1, 0.15) is 0 Å². The lowest BCUT2D eigenvalue weighted by Crippen LogP contribution is -2.22. The molecule has 1 spiro atoms. The van der Waals surface area contributed by atoms with Crippen molar-refractivity contribution in [2.75, 3.05) is 0 Å². The fraction of sp³-hybridized carbons (Fsp3) is 1.00. The summed E-state index contributed by atoms with van der Waals surface area (Å²) < 4.78 is 5.86. The van der Waals surface area contributed by atoms with Gasteiger partial charge in [-0.25, -0.2) is 0 Å². The van der Waals surface area contributed by atoms with Gasteiger partial charge in [-0.15, -0.1) is 0 Å². The van der Waals surface area contributed by atoms with Gasteiger partial charge in [0, 0.05) is 0 Å². The van der Waals surface area contributed by atoms with Crippen LogP contribution in [0.1, 0.15) is 32.1 Å². The summed E-state index contributed by atoms with van der Waals surface area (Å²) in [4.78, 5) is 0. The molecule has 0 amide bonds. The molecule has 3 fully saturated rings. The second kappa shape index (κ2) is 1.20. The van der Waals surface area contributed by atoms with E-state index in [9.17, 15) is 0 Å². The lowest BCUT2D eigenvalue weighted by atomic mass is 10.1. The Morgan fingerprint density at radius 2 is 2.44 bits per heavy atom. The quantitative estimate of drug-likeness (QED) is 0.477. The van der Waals surface area contributed by atoms with Gasteiger partial charge < -0.3 is 4.74 Å². The average molecular weight is 124 g/mol. The molecule has 9 heavy (non-hydrogen) atoms. The molecule has 2 saturated heterocycles. The van der Waals surface area contributed by atoms with E-state index in [2.05, 4.69) is 0 Å². The second-order valence-corrected chi connectivity index (χ2v) is 3.83. The summed E-state index contributed by atoms with van der Waals surface area (Å²) in [5, 5.41) is 0. The maximum Gasteiger partial charge on any atom is 0.0720 e. The van der Waals surface area contributed by atoms with Crippen LogP contribution < -0.4 is 0 Å². The summed E-state index contributed by atoms with van der Waals surface area (Å²) in [6.45, 7) is 0. The number of hydrogen-bond acceptors (Lipinski definition) is 1. The Balaban J connectivity index is 1.95. The van der Waals surface area contributed by atoms with Gasteiger partial charge in [-0.1, -0.05) is 0 Å². The summed E-state index contributed by atoms with van der Waals surface area (Å²) >= 11 is 0. The topological polar surface area (TPSA) is 9.23 Å². The summed E-state index contributed by atoms with van der Waals surface area (Å²) in [5.41, 5.74) is 0.461. The van der Waals surface area contributed by atoms with E-state index in [1.54, 1.807) is 0 Å². The third-order valence-electron chi connectivity index (χ3n) is 3.25. The lowest BCUT2D eigenvalue weighted by Gasteiger charge is -2.23. The van der Waals surface area contributed by atoms with E-state index in [1.807, 2.05) is 0 Å². The molecule has 0 aromatic carbocycles. The lowest BCUT2D eigenvalue weighted by molar-refractivity contribution is -0.0341. The van der Waals surface area contributed by atoms with Gasteiger partial charge >= 0.3 is 0 Å². The van der Waals surface area contributed by atoms with Crippen LogP contribution in [0.25, 0.3) is 0 Å². The van der Waals surface area contributed by atoms with E-state index in [4.69, 9.17) is 4.74 Å². The summed E-state index contributed by atoms with van der Waals surface area (Å²) in [6.07, 6.45) is 7.61. The molecule has 1 nitrogen and oxygen atoms in total. The molecule has 1 saturated carbocycles. The van der Waals surface area contributed by atoms with Crippen LogP contribution in [-0.2, 0) is 4.74 Å². The third kappa shape index (κ3) is 0.454. The van der Waals surface area contributed by atoms with Gasteiger partial charge in [-0.2, -0.15) is 0 Å². The normalized spacial score (nSPS) is 61.3. The van der Waals surface area contributed by atoms with Crippen molar-refractivity contribution in [3.63, 3.8) is 0 Å². The standard InChI is InChI=1S/C8H12O/c1-2-7-4-6-5-8(6,3-1)9-7/h6-7H,1-5H2. The zero-order valence-electron chi connectivity index (χ0n) is 5.60. The van der Waals surface area contributed by atoms with E-state index in [0.29, 0.717) is 11.7 Å². The molecule has 0 N–H and O–H groups in total. The number of hydrogen-bond donors (Lipinski definition) is 0. The first-order chi connectivity index (χ1) is 4.39. The van der Waals surface area contributed by atoms with E-state index >= 15 is 0 Å². The molecule has 3 rings (SSSR count). The molecule has 0 aromatic heterocycles. The Kier molecular flexibility index (Phi) is 0.628. The van der Waals surface area contributed by atoms with Gasteiger partial charge in [0.25, 0.3) is 0 Å². The number of fused-ring (bicyclic) bond motifs is 1. The molecule has 2 aliphatic heterocycles. The predicted octanol–water partition coefficient (Wildman–Crippen LogP) is 1.72. The molecule has 50 valence electrons. The van der Waals surface area contributed by atoms with Crippen molar-refractivity contribution >= 4 is 0 Å². The third-order valence-corrected chi connectivity index (χ3v) is 3.25. The Morgan fingerprint density at radius 3 is 3.22 bits per heavy atom. The molecule has 0 aromatic rings. The molecule has 3 unspecified atom stereocenters. The highest BCUT2D eigenvalue weighted by Crippen LogP contribution is 2.61. The van der Waals surface area contributed by atoms with Crippen molar-refractivity contribution in [1.82, 2.24) is 0 Å². The first-order valence-electron chi connectivity index (χ1n) is 4.07. The molecular weight excluding hydrogens is 112 g/mol. The minimum atomic E-state index is 0.461. The van der Waals surface area contributed by atoms with Crippen LogP contribution in [0.4, 0.5) is 0 Å². The highest BCUT2D eigenvalue weighted by Gasteiger charge is 2.62. The maximum absolute atomic E-state index is 5.86. The van der Waals surface area contributed by atoms with E-state index in [-0.39, 0.29) is 0 Å². The second-order valence-electron chi connectivity index (χ2n) is 3.83. The van der Waals surface area contributed by atoms with Crippen molar-refractivity contribution < 1.29 is 4.74 Å². The molecule has 3 aliphatic rings. The zero-order valence-corrected chi connectivity index (χ0v) is 5.60. The molecule has 3 atom stereocenters. The van der Waals surface area contributed by atoms with Crippen molar-refractivity contribution in [1.29, 1.82) is 0 Å². The van der Waals surface area contributed by atoms with Crippen LogP contribution in [0.5, 0.6) is 0 Å². The van der Waals surface area contributed by atoms with Crippen LogP contribution in [0.2, 0.25) is 0 Å². The minimum absolute atomic E-state index is 0.461. The summed E-state index contributed by atoms with van der Waals surface area (Å²) in [7, 11) is 0. The molecule has 1 heteroatoms. The molecular formula is C8H12O. The maximum atomic E-state index is 5.86. The van der Waals surface area contributed by atoms with Crippen LogP contribution in [0.3, 0.4) is 0 Å². The van der Waals surface area contributed by atoms with E-state index in [0.717, 1.165) is 5.92 Å². The van der Waals surface area contributed by atoms with Crippen molar-refractivity contribution in [3.8, 4) is 0 Å². The highest BCUT2D eigenvalue weighted by atomic mass is 16.5. The van der Waals surface area contributed by atoms with E-state index in [1.165, 1.54) is 32.1 Å². The van der Waals surface area contributed by atoms with Gasteiger partial charge in [-0.3, -0.25) is 0 Å². The van der Waals surface area contributed by atoms with Crippen LogP contribution in [-0.4, -0.2) is 11.7 Å². The predicted molar refractivity (Wildman–Crippen MR) is 34.2 cm³/mol. The smallest absolute Gasteiger partial charge is 0.0720 e. The minimum Gasteiger partial charge on any atom is -0.371 e. The van der Waals surface area contributed by atoms with Crippen LogP contribution >= 0.6 is 0 Å². The zero-order chi connectivity index (χ0) is 5.90. The average Bonchev–Trinajstić information content (AvgIpc) is 2.38. The van der Waals surface area contributed by atoms with Crippen LogP contribution in [0.15, 0.2) is 0 Å². The van der Waals surface area contributed by atoms with E-state index < -0.39 is 0 Å².